The van der Waals surface area contributed by atoms with Crippen LogP contribution in [0.3, 0.4) is 0 Å². The highest BCUT2D eigenvalue weighted by atomic mass is 35.5. The number of benzene rings is 1. The number of nitrogens with one attached hydrogen (secondary N) is 2. The van der Waals surface area contributed by atoms with Crippen LogP contribution in [0.1, 0.15) is 16.9 Å². The van der Waals surface area contributed by atoms with Gasteiger partial charge in [-0.05, 0) is 36.7 Å². The molecule has 2 aliphatic rings. The third-order valence-corrected chi connectivity index (χ3v) is 5.88. The normalized spacial score (nSPS) is 19.2. The quantitative estimate of drug-likeness (QED) is 0.746. The zero-order valence-corrected chi connectivity index (χ0v) is 15.7. The maximum atomic E-state index is 11.4. The minimum Gasteiger partial charge on any atom is -0.368 e. The summed E-state index contributed by atoms with van der Waals surface area (Å²) in [6, 6.07) is 10.3. The number of thiophene rings is 1. The Morgan fingerprint density at radius 3 is 3.08 bits per heavy atom. The summed E-state index contributed by atoms with van der Waals surface area (Å²) >= 11 is 7.85. The van der Waals surface area contributed by atoms with E-state index in [0.717, 1.165) is 41.4 Å². The second-order valence-corrected chi connectivity index (χ2v) is 8.10. The first-order valence-corrected chi connectivity index (χ1v) is 9.76. The molecule has 136 valence electrons. The molecule has 0 radical (unpaired) electrons. The number of nitrogens with two attached hydrogens (primary N) is 1. The number of primary amides is 1. The standard InChI is InChI=1S/C18H20ClN5OS/c19-12-3-1-2-11(6-12)15-7-14-16(26-15)9-24(10-17(20)25)23-18(14)22-13-4-5-21-8-13/h1-3,6-7,13,21H,4-5,8-10H2,(H2,20,25)(H,22,23). The van der Waals surface area contributed by atoms with Gasteiger partial charge in [-0.1, -0.05) is 23.7 Å². The van der Waals surface area contributed by atoms with Crippen LogP contribution in [0.4, 0.5) is 0 Å². The molecule has 8 heteroatoms. The van der Waals surface area contributed by atoms with Crippen molar-refractivity contribution in [2.45, 2.75) is 19.0 Å². The Labute approximate surface area is 161 Å². The van der Waals surface area contributed by atoms with Crippen molar-refractivity contribution >= 4 is 34.7 Å². The monoisotopic (exact) mass is 389 g/mol. The summed E-state index contributed by atoms with van der Waals surface area (Å²) in [5, 5.41) is 14.0. The maximum absolute atomic E-state index is 11.4. The number of hydrogen-bond donors (Lipinski definition) is 3. The third-order valence-electron chi connectivity index (χ3n) is 4.48. The van der Waals surface area contributed by atoms with Gasteiger partial charge in [-0.15, -0.1) is 11.3 Å². The number of fused-ring (bicyclic) bond motifs is 1. The number of halogens is 1. The first-order valence-electron chi connectivity index (χ1n) is 8.56. The van der Waals surface area contributed by atoms with Gasteiger partial charge in [-0.25, -0.2) is 0 Å². The van der Waals surface area contributed by atoms with Crippen molar-refractivity contribution in [3.8, 4) is 10.4 Å². The molecule has 0 spiro atoms. The molecule has 4 N–H and O–H groups in total. The van der Waals surface area contributed by atoms with Crippen LogP contribution in [0, 0.1) is 0 Å². The molecule has 4 rings (SSSR count). The Morgan fingerprint density at radius 2 is 2.35 bits per heavy atom. The second-order valence-electron chi connectivity index (χ2n) is 6.53. The Bertz CT molecular complexity index is 859. The van der Waals surface area contributed by atoms with E-state index >= 15 is 0 Å². The first-order chi connectivity index (χ1) is 12.6. The number of hydrogen-bond acceptors (Lipinski definition) is 6. The van der Waals surface area contributed by atoms with Gasteiger partial charge in [0.25, 0.3) is 0 Å². The van der Waals surface area contributed by atoms with E-state index in [4.69, 9.17) is 17.3 Å². The lowest BCUT2D eigenvalue weighted by molar-refractivity contribution is -0.119. The molecule has 26 heavy (non-hydrogen) atoms. The highest BCUT2D eigenvalue weighted by molar-refractivity contribution is 7.15. The van der Waals surface area contributed by atoms with Gasteiger partial charge < -0.3 is 16.4 Å². The Balaban J connectivity index is 1.67. The van der Waals surface area contributed by atoms with Crippen LogP contribution in [-0.4, -0.2) is 42.4 Å². The lowest BCUT2D eigenvalue weighted by atomic mass is 10.1. The second kappa shape index (κ2) is 7.26. The van der Waals surface area contributed by atoms with E-state index in [1.54, 1.807) is 16.3 Å². The molecule has 1 saturated heterocycles. The predicted molar refractivity (Wildman–Crippen MR) is 105 cm³/mol. The first kappa shape index (κ1) is 17.3. The summed E-state index contributed by atoms with van der Waals surface area (Å²) in [6.45, 7) is 2.60. The van der Waals surface area contributed by atoms with Gasteiger partial charge in [0.05, 0.1) is 6.54 Å². The lowest BCUT2D eigenvalue weighted by Crippen LogP contribution is -2.42. The summed E-state index contributed by atoms with van der Waals surface area (Å²) in [5.41, 5.74) is 7.55. The van der Waals surface area contributed by atoms with Crippen molar-refractivity contribution in [1.29, 1.82) is 0 Å². The molecule has 0 bridgehead atoms. The van der Waals surface area contributed by atoms with Crippen molar-refractivity contribution in [1.82, 2.24) is 15.6 Å². The van der Waals surface area contributed by atoms with E-state index in [9.17, 15) is 4.79 Å². The van der Waals surface area contributed by atoms with Gasteiger partial charge in [0.15, 0.2) is 5.84 Å². The highest BCUT2D eigenvalue weighted by Crippen LogP contribution is 2.35. The molecule has 1 amide bonds. The van der Waals surface area contributed by atoms with Crippen molar-refractivity contribution in [2.24, 2.45) is 10.8 Å². The molecule has 1 fully saturated rings. The van der Waals surface area contributed by atoms with Gasteiger partial charge in [0, 0.05) is 32.9 Å². The summed E-state index contributed by atoms with van der Waals surface area (Å²) in [6.07, 6.45) is 1.05. The maximum Gasteiger partial charge on any atom is 0.238 e. The van der Waals surface area contributed by atoms with Gasteiger partial charge in [0.2, 0.25) is 5.91 Å². The van der Waals surface area contributed by atoms with E-state index in [2.05, 4.69) is 27.9 Å². The van der Waals surface area contributed by atoms with Crippen LogP contribution in [-0.2, 0) is 11.3 Å². The molecule has 1 atom stereocenters. The largest absolute Gasteiger partial charge is 0.368 e. The van der Waals surface area contributed by atoms with Crippen molar-refractivity contribution in [2.75, 3.05) is 19.6 Å². The number of amides is 1. The van der Waals surface area contributed by atoms with E-state index in [1.165, 1.54) is 4.88 Å². The van der Waals surface area contributed by atoms with E-state index in [0.29, 0.717) is 17.6 Å². The van der Waals surface area contributed by atoms with Crippen LogP contribution < -0.4 is 16.4 Å². The Kier molecular flexibility index (Phi) is 4.84. The average Bonchev–Trinajstić information content (AvgIpc) is 3.23. The average molecular weight is 390 g/mol. The SMILES string of the molecule is NC(=O)CN1Cc2sc(-c3cccc(Cl)c3)cc2C(NC2CCNC2)=N1. The number of rotatable bonds is 4. The fraction of sp³-hybridized carbons (Fsp3) is 0.333. The summed E-state index contributed by atoms with van der Waals surface area (Å²) < 4.78 is 0. The minimum absolute atomic E-state index is 0.109. The zero-order valence-electron chi connectivity index (χ0n) is 14.2. The van der Waals surface area contributed by atoms with Crippen LogP contribution in [0.5, 0.6) is 0 Å². The summed E-state index contributed by atoms with van der Waals surface area (Å²) in [7, 11) is 0. The molecular formula is C18H20ClN5OS. The lowest BCUT2D eigenvalue weighted by Gasteiger charge is -2.26. The molecule has 0 aliphatic carbocycles. The van der Waals surface area contributed by atoms with Gasteiger partial charge >= 0.3 is 0 Å². The summed E-state index contributed by atoms with van der Waals surface area (Å²) in [4.78, 5) is 13.7. The Morgan fingerprint density at radius 1 is 1.46 bits per heavy atom. The topological polar surface area (TPSA) is 82.8 Å². The third kappa shape index (κ3) is 3.70. The minimum atomic E-state index is -0.384. The number of nitrogens with zero attached hydrogens (tertiary/aromatic N) is 2. The van der Waals surface area contributed by atoms with E-state index in [1.807, 2.05) is 18.2 Å². The molecule has 0 saturated carbocycles. The van der Waals surface area contributed by atoms with Gasteiger partial charge in [0.1, 0.15) is 6.54 Å². The number of carbonyl (C=O) groups excluding carboxylic acids is 1. The van der Waals surface area contributed by atoms with Crippen LogP contribution in [0.15, 0.2) is 35.4 Å². The fourth-order valence-corrected chi connectivity index (χ4v) is 4.63. The smallest absolute Gasteiger partial charge is 0.238 e. The fourth-order valence-electron chi connectivity index (χ4n) is 3.28. The summed E-state index contributed by atoms with van der Waals surface area (Å²) in [5.74, 6) is 0.427. The predicted octanol–water partition coefficient (Wildman–Crippen LogP) is 1.98. The molecular weight excluding hydrogens is 370 g/mol. The number of hydrazone groups is 1. The molecule has 3 heterocycles. The van der Waals surface area contributed by atoms with Gasteiger partial charge in [-0.3, -0.25) is 9.80 Å². The zero-order chi connectivity index (χ0) is 18.1. The van der Waals surface area contributed by atoms with Crippen molar-refractivity contribution < 1.29 is 4.79 Å². The molecule has 2 aliphatic heterocycles. The van der Waals surface area contributed by atoms with E-state index in [-0.39, 0.29) is 12.5 Å². The molecule has 1 aromatic carbocycles. The van der Waals surface area contributed by atoms with Crippen molar-refractivity contribution in [3.63, 3.8) is 0 Å². The molecule has 2 aromatic rings. The molecule has 1 unspecified atom stereocenters. The highest BCUT2D eigenvalue weighted by Gasteiger charge is 2.26. The molecule has 1 aromatic heterocycles. The van der Waals surface area contributed by atoms with Crippen LogP contribution in [0.25, 0.3) is 10.4 Å². The van der Waals surface area contributed by atoms with E-state index < -0.39 is 0 Å². The number of carbonyl (C=O) groups is 1. The van der Waals surface area contributed by atoms with Gasteiger partial charge in [-0.2, -0.15) is 5.10 Å². The number of amidine groups is 1. The van der Waals surface area contributed by atoms with Crippen molar-refractivity contribution in [3.05, 3.63) is 45.8 Å². The Hall–Kier alpha value is -2.09. The molecule has 6 nitrogen and oxygen atoms in total. The van der Waals surface area contributed by atoms with Crippen LogP contribution in [0.2, 0.25) is 5.02 Å². The van der Waals surface area contributed by atoms with Crippen LogP contribution >= 0.6 is 22.9 Å².